The first kappa shape index (κ1) is 16.7. The fraction of sp³-hybridized carbons (Fsp3) is 0.167. The van der Waals surface area contributed by atoms with Crippen molar-refractivity contribution in [2.24, 2.45) is 0 Å². The molecule has 7 heteroatoms. The van der Waals surface area contributed by atoms with E-state index in [0.29, 0.717) is 16.9 Å². The van der Waals surface area contributed by atoms with Gasteiger partial charge in [0.2, 0.25) is 5.91 Å². The topological polar surface area (TPSA) is 95.9 Å². The van der Waals surface area contributed by atoms with Crippen molar-refractivity contribution in [3.8, 4) is 0 Å². The van der Waals surface area contributed by atoms with E-state index in [1.807, 2.05) is 0 Å². The van der Waals surface area contributed by atoms with Crippen molar-refractivity contribution < 1.29 is 24.2 Å². The summed E-state index contributed by atoms with van der Waals surface area (Å²) in [7, 11) is 0. The molecule has 25 heavy (non-hydrogen) atoms. The van der Waals surface area contributed by atoms with Crippen LogP contribution in [-0.4, -0.2) is 36.0 Å². The molecule has 0 saturated heterocycles. The Balaban J connectivity index is 1.65. The zero-order valence-electron chi connectivity index (χ0n) is 13.2. The Hall–Kier alpha value is -3.19. The van der Waals surface area contributed by atoms with Gasteiger partial charge in [0.1, 0.15) is 6.54 Å². The lowest BCUT2D eigenvalue weighted by molar-refractivity contribution is -0.156. The van der Waals surface area contributed by atoms with Gasteiger partial charge in [0.15, 0.2) is 12.7 Å². The van der Waals surface area contributed by atoms with Gasteiger partial charge in [0, 0.05) is 0 Å². The van der Waals surface area contributed by atoms with Crippen LogP contribution >= 0.6 is 0 Å². The summed E-state index contributed by atoms with van der Waals surface area (Å²) in [6.45, 7) is -0.723. The van der Waals surface area contributed by atoms with Crippen LogP contribution in [0.4, 0.5) is 11.4 Å². The summed E-state index contributed by atoms with van der Waals surface area (Å²) in [6, 6.07) is 15.1. The highest BCUT2D eigenvalue weighted by Gasteiger charge is 2.28. The molecule has 1 atom stereocenters. The number of nitrogens with zero attached hydrogens (tertiary/aromatic N) is 1. The highest BCUT2D eigenvalue weighted by Crippen LogP contribution is 2.28. The molecule has 0 radical (unpaired) electrons. The number of ether oxygens (including phenoxy) is 1. The number of nitrogens with one attached hydrogen (secondary N) is 1. The SMILES string of the molecule is O=C1CN(C(=O)COC(=O)[C@H](O)c2ccccc2)c2ccccc2N1. The van der Waals surface area contributed by atoms with Gasteiger partial charge in [-0.2, -0.15) is 0 Å². The van der Waals surface area contributed by atoms with Gasteiger partial charge in [0.05, 0.1) is 11.4 Å². The van der Waals surface area contributed by atoms with Gasteiger partial charge in [-0.1, -0.05) is 42.5 Å². The van der Waals surface area contributed by atoms with Crippen LogP contribution in [-0.2, 0) is 19.1 Å². The Morgan fingerprint density at radius 2 is 1.80 bits per heavy atom. The van der Waals surface area contributed by atoms with E-state index in [1.54, 1.807) is 54.6 Å². The van der Waals surface area contributed by atoms with Gasteiger partial charge in [-0.15, -0.1) is 0 Å². The lowest BCUT2D eigenvalue weighted by Crippen LogP contribution is -2.44. The normalized spacial score (nSPS) is 14.3. The van der Waals surface area contributed by atoms with Crippen LogP contribution in [0, 0.1) is 0 Å². The van der Waals surface area contributed by atoms with Crippen LogP contribution in [0.1, 0.15) is 11.7 Å². The molecule has 2 N–H and O–H groups in total. The van der Waals surface area contributed by atoms with Gasteiger partial charge >= 0.3 is 5.97 Å². The van der Waals surface area contributed by atoms with Crippen molar-refractivity contribution in [1.29, 1.82) is 0 Å². The van der Waals surface area contributed by atoms with Gasteiger partial charge in [-0.3, -0.25) is 14.5 Å². The third kappa shape index (κ3) is 3.67. The maximum Gasteiger partial charge on any atom is 0.340 e. The number of benzene rings is 2. The van der Waals surface area contributed by atoms with E-state index >= 15 is 0 Å². The second-order valence-corrected chi connectivity index (χ2v) is 5.47. The maximum absolute atomic E-state index is 12.4. The standard InChI is InChI=1S/C18H16N2O5/c21-15-10-20(14-9-5-4-8-13(14)19-15)16(22)11-25-18(24)17(23)12-6-2-1-3-7-12/h1-9,17,23H,10-11H2,(H,19,21)/t17-/m1/s1. The first-order valence-electron chi connectivity index (χ1n) is 7.65. The van der Waals surface area contributed by atoms with Gasteiger partial charge in [-0.05, 0) is 17.7 Å². The summed E-state index contributed by atoms with van der Waals surface area (Å²) in [6.07, 6.45) is -1.47. The highest BCUT2D eigenvalue weighted by molar-refractivity contribution is 6.10. The summed E-state index contributed by atoms with van der Waals surface area (Å²) in [5.41, 5.74) is 1.43. The predicted octanol–water partition coefficient (Wildman–Crippen LogP) is 1.25. The molecule has 1 heterocycles. The number of carbonyl (C=O) groups excluding carboxylic acids is 3. The number of hydrogen-bond acceptors (Lipinski definition) is 5. The zero-order valence-corrected chi connectivity index (χ0v) is 13.2. The molecule has 0 fully saturated rings. The molecule has 0 aliphatic carbocycles. The number of fused-ring (bicyclic) bond motifs is 1. The highest BCUT2D eigenvalue weighted by atomic mass is 16.5. The molecule has 0 aromatic heterocycles. The number of anilines is 2. The Morgan fingerprint density at radius 1 is 1.12 bits per heavy atom. The second kappa shape index (κ2) is 7.14. The number of carbonyl (C=O) groups is 3. The third-order valence-corrected chi connectivity index (χ3v) is 3.75. The fourth-order valence-corrected chi connectivity index (χ4v) is 2.52. The van der Waals surface area contributed by atoms with E-state index < -0.39 is 24.6 Å². The average molecular weight is 340 g/mol. The molecule has 2 aromatic carbocycles. The van der Waals surface area contributed by atoms with Crippen molar-refractivity contribution in [3.05, 3.63) is 60.2 Å². The summed E-state index contributed by atoms with van der Waals surface area (Å²) >= 11 is 0. The smallest absolute Gasteiger partial charge is 0.340 e. The quantitative estimate of drug-likeness (QED) is 0.817. The molecule has 2 aromatic rings. The van der Waals surface area contributed by atoms with Crippen LogP contribution in [0.25, 0.3) is 0 Å². The van der Waals surface area contributed by atoms with Crippen molar-refractivity contribution in [3.63, 3.8) is 0 Å². The van der Waals surface area contributed by atoms with Crippen LogP contribution in [0.3, 0.4) is 0 Å². The number of para-hydroxylation sites is 2. The molecule has 7 nitrogen and oxygen atoms in total. The molecule has 128 valence electrons. The molecule has 0 bridgehead atoms. The van der Waals surface area contributed by atoms with Crippen LogP contribution in [0.15, 0.2) is 54.6 Å². The van der Waals surface area contributed by atoms with E-state index in [4.69, 9.17) is 4.74 Å². The average Bonchev–Trinajstić information content (AvgIpc) is 2.65. The Morgan fingerprint density at radius 3 is 2.56 bits per heavy atom. The van der Waals surface area contributed by atoms with Gasteiger partial charge in [0.25, 0.3) is 5.91 Å². The van der Waals surface area contributed by atoms with Gasteiger partial charge in [-0.25, -0.2) is 4.79 Å². The lowest BCUT2D eigenvalue weighted by Gasteiger charge is -2.29. The van der Waals surface area contributed by atoms with Crippen LogP contribution in [0.5, 0.6) is 0 Å². The third-order valence-electron chi connectivity index (χ3n) is 3.75. The predicted molar refractivity (Wildman–Crippen MR) is 89.8 cm³/mol. The van der Waals surface area contributed by atoms with E-state index in [2.05, 4.69) is 5.32 Å². The first-order chi connectivity index (χ1) is 12.1. The number of aliphatic hydroxyl groups is 1. The first-order valence-corrected chi connectivity index (χ1v) is 7.65. The molecule has 1 aliphatic heterocycles. The minimum Gasteiger partial charge on any atom is -0.453 e. The van der Waals surface area contributed by atoms with E-state index in [9.17, 15) is 19.5 Å². The molecule has 2 amide bonds. The minimum atomic E-state index is -1.47. The van der Waals surface area contributed by atoms with E-state index in [0.717, 1.165) is 0 Å². The Kier molecular flexibility index (Phi) is 4.76. The van der Waals surface area contributed by atoms with Gasteiger partial charge < -0.3 is 15.2 Å². The molecule has 0 unspecified atom stereocenters. The van der Waals surface area contributed by atoms with Crippen molar-refractivity contribution in [2.45, 2.75) is 6.10 Å². The number of aliphatic hydroxyl groups excluding tert-OH is 1. The number of rotatable bonds is 4. The second-order valence-electron chi connectivity index (χ2n) is 5.47. The van der Waals surface area contributed by atoms with Crippen molar-refractivity contribution >= 4 is 29.2 Å². The molecule has 3 rings (SSSR count). The van der Waals surface area contributed by atoms with Crippen molar-refractivity contribution in [1.82, 2.24) is 0 Å². The van der Waals surface area contributed by atoms with Crippen LogP contribution in [0.2, 0.25) is 0 Å². The number of hydrogen-bond donors (Lipinski definition) is 2. The molecule has 1 aliphatic rings. The van der Waals surface area contributed by atoms with E-state index in [1.165, 1.54) is 4.90 Å². The molecule has 0 spiro atoms. The largest absolute Gasteiger partial charge is 0.453 e. The Labute approximate surface area is 143 Å². The fourth-order valence-electron chi connectivity index (χ4n) is 2.52. The summed E-state index contributed by atoms with van der Waals surface area (Å²) < 4.78 is 4.91. The lowest BCUT2D eigenvalue weighted by atomic mass is 10.1. The molecular formula is C18H16N2O5. The van der Waals surface area contributed by atoms with Crippen LogP contribution < -0.4 is 10.2 Å². The monoisotopic (exact) mass is 340 g/mol. The minimum absolute atomic E-state index is 0.158. The van der Waals surface area contributed by atoms with Crippen molar-refractivity contribution in [2.75, 3.05) is 23.4 Å². The number of esters is 1. The summed E-state index contributed by atoms with van der Waals surface area (Å²) in [5.74, 6) is -1.80. The zero-order chi connectivity index (χ0) is 17.8. The molecule has 0 saturated carbocycles. The Bertz CT molecular complexity index is 806. The summed E-state index contributed by atoms with van der Waals surface area (Å²) in [5, 5.41) is 12.6. The molecular weight excluding hydrogens is 324 g/mol. The number of amides is 2. The van der Waals surface area contributed by atoms with E-state index in [-0.39, 0.29) is 12.5 Å². The maximum atomic E-state index is 12.4. The summed E-state index contributed by atoms with van der Waals surface area (Å²) in [4.78, 5) is 37.2.